The van der Waals surface area contributed by atoms with Crippen LogP contribution in [-0.2, 0) is 16.1 Å². The SMILES string of the molecule is COC[C@@H](O)CN(Cc1ccccc1)OC. The van der Waals surface area contributed by atoms with Crippen molar-refractivity contribution in [1.82, 2.24) is 5.06 Å². The molecule has 0 saturated heterocycles. The van der Waals surface area contributed by atoms with E-state index in [2.05, 4.69) is 0 Å². The summed E-state index contributed by atoms with van der Waals surface area (Å²) in [6.45, 7) is 1.39. The number of aliphatic hydroxyl groups excluding tert-OH is 1. The molecule has 4 nitrogen and oxygen atoms in total. The average molecular weight is 225 g/mol. The lowest BCUT2D eigenvalue weighted by Crippen LogP contribution is -2.33. The number of aliphatic hydroxyl groups is 1. The quantitative estimate of drug-likeness (QED) is 0.704. The summed E-state index contributed by atoms with van der Waals surface area (Å²) >= 11 is 0. The molecule has 90 valence electrons. The molecule has 1 rings (SSSR count). The van der Waals surface area contributed by atoms with E-state index in [1.54, 1.807) is 19.3 Å². The molecule has 16 heavy (non-hydrogen) atoms. The van der Waals surface area contributed by atoms with E-state index >= 15 is 0 Å². The third-order valence-electron chi connectivity index (χ3n) is 2.23. The van der Waals surface area contributed by atoms with Crippen molar-refractivity contribution in [3.05, 3.63) is 35.9 Å². The van der Waals surface area contributed by atoms with Gasteiger partial charge in [0.1, 0.15) is 0 Å². The topological polar surface area (TPSA) is 41.9 Å². The van der Waals surface area contributed by atoms with Gasteiger partial charge >= 0.3 is 0 Å². The van der Waals surface area contributed by atoms with Crippen molar-refractivity contribution in [3.8, 4) is 0 Å². The maximum absolute atomic E-state index is 9.58. The van der Waals surface area contributed by atoms with E-state index in [4.69, 9.17) is 9.57 Å². The van der Waals surface area contributed by atoms with Gasteiger partial charge in [-0.25, -0.2) is 0 Å². The molecular formula is C12H19NO3. The molecule has 0 saturated carbocycles. The molecule has 0 fully saturated rings. The molecule has 1 aromatic carbocycles. The van der Waals surface area contributed by atoms with E-state index < -0.39 is 6.10 Å². The van der Waals surface area contributed by atoms with Crippen molar-refractivity contribution < 1.29 is 14.7 Å². The summed E-state index contributed by atoms with van der Waals surface area (Å²) in [5, 5.41) is 11.3. The second kappa shape index (κ2) is 7.35. The summed E-state index contributed by atoms with van der Waals surface area (Å²) < 4.78 is 4.87. The first-order valence-corrected chi connectivity index (χ1v) is 5.26. The first kappa shape index (κ1) is 13.1. The molecule has 1 atom stereocenters. The van der Waals surface area contributed by atoms with E-state index in [9.17, 15) is 5.11 Å². The van der Waals surface area contributed by atoms with E-state index in [-0.39, 0.29) is 0 Å². The van der Waals surface area contributed by atoms with Crippen LogP contribution in [0, 0.1) is 0 Å². The van der Waals surface area contributed by atoms with Gasteiger partial charge in [-0.15, -0.1) is 0 Å². The van der Waals surface area contributed by atoms with Gasteiger partial charge in [0.05, 0.1) is 26.4 Å². The van der Waals surface area contributed by atoms with Crippen LogP contribution >= 0.6 is 0 Å². The second-order valence-electron chi connectivity index (χ2n) is 3.60. The lowest BCUT2D eigenvalue weighted by atomic mass is 10.2. The van der Waals surface area contributed by atoms with Crippen LogP contribution in [0.5, 0.6) is 0 Å². The van der Waals surface area contributed by atoms with Crippen LogP contribution in [-0.4, -0.2) is 43.6 Å². The van der Waals surface area contributed by atoms with Gasteiger partial charge in [-0.2, -0.15) is 5.06 Å². The first-order valence-electron chi connectivity index (χ1n) is 5.26. The molecule has 0 aromatic heterocycles. The lowest BCUT2D eigenvalue weighted by molar-refractivity contribution is -0.159. The number of rotatable bonds is 7. The number of hydrogen-bond donors (Lipinski definition) is 1. The fraction of sp³-hybridized carbons (Fsp3) is 0.500. The molecule has 0 amide bonds. The normalized spacial score (nSPS) is 13.0. The van der Waals surface area contributed by atoms with E-state index in [0.717, 1.165) is 5.56 Å². The predicted molar refractivity (Wildman–Crippen MR) is 61.7 cm³/mol. The highest BCUT2D eigenvalue weighted by molar-refractivity contribution is 5.14. The summed E-state index contributed by atoms with van der Waals surface area (Å²) in [4.78, 5) is 5.19. The van der Waals surface area contributed by atoms with Crippen LogP contribution in [0.3, 0.4) is 0 Å². The average Bonchev–Trinajstić information content (AvgIpc) is 2.30. The summed E-state index contributed by atoms with van der Waals surface area (Å²) in [6, 6.07) is 9.98. The standard InChI is InChI=1S/C12H19NO3/c1-15-10-12(14)9-13(16-2)8-11-6-4-3-5-7-11/h3-7,12,14H,8-10H2,1-2H3/t12-/m0/s1. The Morgan fingerprint density at radius 3 is 2.50 bits per heavy atom. The minimum Gasteiger partial charge on any atom is -0.389 e. The highest BCUT2D eigenvalue weighted by atomic mass is 16.7. The van der Waals surface area contributed by atoms with Crippen LogP contribution in [0.25, 0.3) is 0 Å². The first-order chi connectivity index (χ1) is 7.76. The monoisotopic (exact) mass is 225 g/mol. The largest absolute Gasteiger partial charge is 0.389 e. The maximum Gasteiger partial charge on any atom is 0.0923 e. The van der Waals surface area contributed by atoms with Gasteiger partial charge in [-0.1, -0.05) is 30.3 Å². The predicted octanol–water partition coefficient (Wildman–Crippen LogP) is 1.06. The Kier molecular flexibility index (Phi) is 6.03. The van der Waals surface area contributed by atoms with Gasteiger partial charge in [-0.3, -0.25) is 0 Å². The summed E-state index contributed by atoms with van der Waals surface area (Å²) in [7, 11) is 3.17. The van der Waals surface area contributed by atoms with Crippen molar-refractivity contribution in [2.24, 2.45) is 0 Å². The van der Waals surface area contributed by atoms with E-state index in [1.807, 2.05) is 30.3 Å². The maximum atomic E-state index is 9.58. The van der Waals surface area contributed by atoms with Crippen LogP contribution in [0.1, 0.15) is 5.56 Å². The minimum absolute atomic E-state index is 0.314. The molecular weight excluding hydrogens is 206 g/mol. The Morgan fingerprint density at radius 2 is 1.94 bits per heavy atom. The summed E-state index contributed by atoms with van der Waals surface area (Å²) in [5.74, 6) is 0. The molecule has 0 unspecified atom stereocenters. The molecule has 0 heterocycles. The zero-order chi connectivity index (χ0) is 11.8. The van der Waals surface area contributed by atoms with Crippen molar-refractivity contribution in [2.75, 3.05) is 27.4 Å². The van der Waals surface area contributed by atoms with Crippen LogP contribution in [0.4, 0.5) is 0 Å². The van der Waals surface area contributed by atoms with Gasteiger partial charge in [0.25, 0.3) is 0 Å². The van der Waals surface area contributed by atoms with Crippen LogP contribution in [0.2, 0.25) is 0 Å². The number of hydroxylamine groups is 2. The summed E-state index contributed by atoms with van der Waals surface area (Å²) in [5.41, 5.74) is 1.15. The number of hydrogen-bond acceptors (Lipinski definition) is 4. The number of nitrogens with zero attached hydrogens (tertiary/aromatic N) is 1. The van der Waals surface area contributed by atoms with Crippen molar-refractivity contribution in [1.29, 1.82) is 0 Å². The molecule has 4 heteroatoms. The highest BCUT2D eigenvalue weighted by Gasteiger charge is 2.11. The Balaban J connectivity index is 2.43. The van der Waals surface area contributed by atoms with Crippen LogP contribution in [0.15, 0.2) is 30.3 Å². The van der Waals surface area contributed by atoms with Gasteiger partial charge in [0.2, 0.25) is 0 Å². The van der Waals surface area contributed by atoms with E-state index in [1.165, 1.54) is 0 Å². The molecule has 0 radical (unpaired) electrons. The molecule has 0 aliphatic rings. The van der Waals surface area contributed by atoms with Crippen molar-refractivity contribution in [2.45, 2.75) is 12.6 Å². The molecule has 0 aliphatic carbocycles. The Hall–Kier alpha value is -0.940. The molecule has 1 N–H and O–H groups in total. The molecule has 1 aromatic rings. The van der Waals surface area contributed by atoms with E-state index in [0.29, 0.717) is 19.7 Å². The number of ether oxygens (including phenoxy) is 1. The van der Waals surface area contributed by atoms with Crippen LogP contribution < -0.4 is 0 Å². The second-order valence-corrected chi connectivity index (χ2v) is 3.60. The molecule has 0 bridgehead atoms. The van der Waals surface area contributed by atoms with Crippen molar-refractivity contribution in [3.63, 3.8) is 0 Å². The Morgan fingerprint density at radius 1 is 1.25 bits per heavy atom. The van der Waals surface area contributed by atoms with Gasteiger partial charge in [0.15, 0.2) is 0 Å². The molecule has 0 aliphatic heterocycles. The highest BCUT2D eigenvalue weighted by Crippen LogP contribution is 2.05. The minimum atomic E-state index is -0.534. The fourth-order valence-corrected chi connectivity index (χ4v) is 1.47. The number of benzene rings is 1. The van der Waals surface area contributed by atoms with Gasteiger partial charge in [-0.05, 0) is 5.56 Å². The number of methoxy groups -OCH3 is 1. The zero-order valence-electron chi connectivity index (χ0n) is 9.80. The third-order valence-corrected chi connectivity index (χ3v) is 2.23. The van der Waals surface area contributed by atoms with Gasteiger partial charge in [0, 0.05) is 13.7 Å². The Labute approximate surface area is 96.4 Å². The third kappa shape index (κ3) is 4.72. The van der Waals surface area contributed by atoms with Crippen molar-refractivity contribution >= 4 is 0 Å². The van der Waals surface area contributed by atoms with Gasteiger partial charge < -0.3 is 14.7 Å². The molecule has 0 spiro atoms. The Bertz CT molecular complexity index is 279. The summed E-state index contributed by atoms with van der Waals surface area (Å²) in [6.07, 6.45) is -0.534. The fourth-order valence-electron chi connectivity index (χ4n) is 1.47. The smallest absolute Gasteiger partial charge is 0.0923 e. The zero-order valence-corrected chi connectivity index (χ0v) is 9.80. The lowest BCUT2D eigenvalue weighted by Gasteiger charge is -2.22.